The van der Waals surface area contributed by atoms with Crippen molar-refractivity contribution in [3.8, 4) is 11.5 Å². The monoisotopic (exact) mass is 308 g/mol. The van der Waals surface area contributed by atoms with Gasteiger partial charge in [-0.1, -0.05) is 0 Å². The predicted molar refractivity (Wildman–Crippen MR) is 75.1 cm³/mol. The molecule has 22 heavy (non-hydrogen) atoms. The summed E-state index contributed by atoms with van der Waals surface area (Å²) in [6.07, 6.45) is 2.24. The summed E-state index contributed by atoms with van der Waals surface area (Å²) < 4.78 is 14.1. The third-order valence-corrected chi connectivity index (χ3v) is 2.39. The molecule has 0 atom stereocenters. The zero-order valence-electron chi connectivity index (χ0n) is 12.0. The fourth-order valence-corrected chi connectivity index (χ4v) is 1.34. The normalized spacial score (nSPS) is 10.2. The van der Waals surface area contributed by atoms with Crippen LogP contribution in [0.25, 0.3) is 0 Å². The summed E-state index contributed by atoms with van der Waals surface area (Å²) in [6, 6.07) is 5.73. The van der Waals surface area contributed by atoms with Gasteiger partial charge in [0.25, 0.3) is 0 Å². The van der Waals surface area contributed by atoms with E-state index in [9.17, 15) is 14.4 Å². The van der Waals surface area contributed by atoms with Crippen molar-refractivity contribution in [2.75, 3.05) is 13.7 Å². The molecule has 1 aromatic rings. The summed E-state index contributed by atoms with van der Waals surface area (Å²) in [5.74, 6) is -1.44. The lowest BCUT2D eigenvalue weighted by atomic mass is 10.3. The third kappa shape index (κ3) is 7.09. The van der Waals surface area contributed by atoms with Crippen LogP contribution in [0, 0.1) is 0 Å². The van der Waals surface area contributed by atoms with Crippen LogP contribution in [0.5, 0.6) is 11.5 Å². The van der Waals surface area contributed by atoms with Gasteiger partial charge < -0.3 is 19.3 Å². The van der Waals surface area contributed by atoms with E-state index in [1.807, 2.05) is 0 Å². The first-order chi connectivity index (χ1) is 10.5. The summed E-state index contributed by atoms with van der Waals surface area (Å²) in [4.78, 5) is 33.4. The SMILES string of the molecule is COC(=O)/C=C\C(=O)OCCCC(=O)Oc1ccc(O)cc1. The van der Waals surface area contributed by atoms with Gasteiger partial charge in [0.1, 0.15) is 11.5 Å². The van der Waals surface area contributed by atoms with Gasteiger partial charge in [-0.25, -0.2) is 9.59 Å². The lowest BCUT2D eigenvalue weighted by Gasteiger charge is -2.04. The van der Waals surface area contributed by atoms with E-state index in [1.54, 1.807) is 0 Å². The topological polar surface area (TPSA) is 99.1 Å². The van der Waals surface area contributed by atoms with Crippen molar-refractivity contribution in [1.82, 2.24) is 0 Å². The van der Waals surface area contributed by atoms with Gasteiger partial charge in [-0.3, -0.25) is 4.79 Å². The molecule has 0 spiro atoms. The van der Waals surface area contributed by atoms with Crippen LogP contribution in [-0.2, 0) is 23.9 Å². The second kappa shape index (κ2) is 9.17. The van der Waals surface area contributed by atoms with Gasteiger partial charge in [-0.05, 0) is 30.7 Å². The Hall–Kier alpha value is -2.83. The number of phenolic OH excluding ortho intramolecular Hbond substituents is 1. The summed E-state index contributed by atoms with van der Waals surface area (Å²) in [7, 11) is 1.19. The van der Waals surface area contributed by atoms with Gasteiger partial charge in [0, 0.05) is 18.6 Å². The molecule has 1 aromatic carbocycles. The molecule has 0 saturated carbocycles. The molecule has 0 aliphatic rings. The lowest BCUT2D eigenvalue weighted by molar-refractivity contribution is -0.140. The standard InChI is InChI=1S/C15H16O7/c1-20-13(17)8-9-14(18)21-10-2-3-15(19)22-12-6-4-11(16)5-7-12/h4-9,16H,2-3,10H2,1H3/b9-8-. The first-order valence-electron chi connectivity index (χ1n) is 6.44. The lowest BCUT2D eigenvalue weighted by Crippen LogP contribution is -2.10. The minimum atomic E-state index is -0.697. The van der Waals surface area contributed by atoms with Crippen molar-refractivity contribution in [2.24, 2.45) is 0 Å². The highest BCUT2D eigenvalue weighted by atomic mass is 16.5. The van der Waals surface area contributed by atoms with E-state index in [-0.39, 0.29) is 25.2 Å². The number of ether oxygens (including phenoxy) is 3. The number of phenols is 1. The Bertz CT molecular complexity index is 546. The number of methoxy groups -OCH3 is 1. The molecule has 0 aliphatic heterocycles. The average molecular weight is 308 g/mol. The number of aromatic hydroxyl groups is 1. The fourth-order valence-electron chi connectivity index (χ4n) is 1.34. The zero-order chi connectivity index (χ0) is 16.4. The Morgan fingerprint density at radius 2 is 1.73 bits per heavy atom. The van der Waals surface area contributed by atoms with E-state index in [4.69, 9.17) is 14.6 Å². The maximum atomic E-state index is 11.5. The van der Waals surface area contributed by atoms with Gasteiger partial charge in [0.05, 0.1) is 13.7 Å². The molecule has 0 radical (unpaired) electrons. The van der Waals surface area contributed by atoms with Crippen molar-refractivity contribution in [3.63, 3.8) is 0 Å². The van der Waals surface area contributed by atoms with Crippen LogP contribution < -0.4 is 4.74 Å². The number of benzene rings is 1. The summed E-state index contributed by atoms with van der Waals surface area (Å²) in [6.45, 7) is 0.0228. The van der Waals surface area contributed by atoms with Crippen LogP contribution in [0.4, 0.5) is 0 Å². The highest BCUT2D eigenvalue weighted by molar-refractivity contribution is 5.91. The second-order valence-corrected chi connectivity index (χ2v) is 4.10. The first-order valence-corrected chi connectivity index (χ1v) is 6.44. The van der Waals surface area contributed by atoms with Crippen LogP contribution in [0.2, 0.25) is 0 Å². The van der Waals surface area contributed by atoms with Crippen molar-refractivity contribution < 1.29 is 33.7 Å². The van der Waals surface area contributed by atoms with Crippen LogP contribution in [0.3, 0.4) is 0 Å². The molecular formula is C15H16O7. The Kier molecular flexibility index (Phi) is 7.18. The number of rotatable bonds is 7. The Morgan fingerprint density at radius 1 is 1.09 bits per heavy atom. The van der Waals surface area contributed by atoms with Gasteiger partial charge in [0.2, 0.25) is 0 Å². The maximum Gasteiger partial charge on any atom is 0.331 e. The molecule has 7 nitrogen and oxygen atoms in total. The molecular weight excluding hydrogens is 292 g/mol. The largest absolute Gasteiger partial charge is 0.508 e. The predicted octanol–water partition coefficient (Wildman–Crippen LogP) is 1.35. The summed E-state index contributed by atoms with van der Waals surface area (Å²) in [5, 5.41) is 9.09. The van der Waals surface area contributed by atoms with Crippen molar-refractivity contribution in [1.29, 1.82) is 0 Å². The summed E-state index contributed by atoms with van der Waals surface area (Å²) in [5.41, 5.74) is 0. The minimum Gasteiger partial charge on any atom is -0.508 e. The number of carbonyl (C=O) groups excluding carboxylic acids is 3. The molecule has 118 valence electrons. The summed E-state index contributed by atoms with van der Waals surface area (Å²) >= 11 is 0. The molecule has 1 rings (SSSR count). The van der Waals surface area contributed by atoms with Gasteiger partial charge >= 0.3 is 17.9 Å². The Morgan fingerprint density at radius 3 is 2.36 bits per heavy atom. The van der Waals surface area contributed by atoms with Crippen LogP contribution in [0.1, 0.15) is 12.8 Å². The second-order valence-electron chi connectivity index (χ2n) is 4.10. The van der Waals surface area contributed by atoms with Crippen LogP contribution >= 0.6 is 0 Å². The number of esters is 3. The minimum absolute atomic E-state index is 0.0228. The van der Waals surface area contributed by atoms with Crippen molar-refractivity contribution in [2.45, 2.75) is 12.8 Å². The molecule has 0 bridgehead atoms. The molecule has 0 saturated heterocycles. The number of carbonyl (C=O) groups is 3. The molecule has 0 fully saturated rings. The zero-order valence-corrected chi connectivity index (χ0v) is 12.0. The van der Waals surface area contributed by atoms with E-state index in [2.05, 4.69) is 4.74 Å². The van der Waals surface area contributed by atoms with E-state index < -0.39 is 17.9 Å². The van der Waals surface area contributed by atoms with Crippen LogP contribution in [0.15, 0.2) is 36.4 Å². The molecule has 0 unspecified atom stereocenters. The van der Waals surface area contributed by atoms with Crippen LogP contribution in [-0.4, -0.2) is 36.7 Å². The average Bonchev–Trinajstić information content (AvgIpc) is 2.51. The number of hydrogen-bond acceptors (Lipinski definition) is 7. The van der Waals surface area contributed by atoms with Gasteiger partial charge in [-0.2, -0.15) is 0 Å². The number of hydrogen-bond donors (Lipinski definition) is 1. The molecule has 0 amide bonds. The quantitative estimate of drug-likeness (QED) is 0.351. The smallest absolute Gasteiger partial charge is 0.331 e. The first kappa shape index (κ1) is 17.2. The fraction of sp³-hybridized carbons (Fsp3) is 0.267. The maximum absolute atomic E-state index is 11.5. The molecule has 0 aromatic heterocycles. The van der Waals surface area contributed by atoms with Gasteiger partial charge in [0.15, 0.2) is 0 Å². The highest BCUT2D eigenvalue weighted by Gasteiger charge is 2.06. The molecule has 7 heteroatoms. The third-order valence-electron chi connectivity index (χ3n) is 2.39. The molecule has 0 aliphatic carbocycles. The Labute approximate surface area is 127 Å². The molecule has 0 heterocycles. The van der Waals surface area contributed by atoms with E-state index in [0.717, 1.165) is 12.2 Å². The van der Waals surface area contributed by atoms with E-state index in [0.29, 0.717) is 5.75 Å². The van der Waals surface area contributed by atoms with E-state index in [1.165, 1.54) is 31.4 Å². The molecule has 1 N–H and O–H groups in total. The van der Waals surface area contributed by atoms with Crippen molar-refractivity contribution >= 4 is 17.9 Å². The van der Waals surface area contributed by atoms with E-state index >= 15 is 0 Å². The van der Waals surface area contributed by atoms with Crippen molar-refractivity contribution in [3.05, 3.63) is 36.4 Å². The Balaban J connectivity index is 2.20. The highest BCUT2D eigenvalue weighted by Crippen LogP contribution is 2.16. The van der Waals surface area contributed by atoms with Gasteiger partial charge in [-0.15, -0.1) is 0 Å².